The van der Waals surface area contributed by atoms with Crippen molar-refractivity contribution in [1.29, 1.82) is 0 Å². The van der Waals surface area contributed by atoms with Gasteiger partial charge in [-0.3, -0.25) is 4.99 Å². The minimum atomic E-state index is -0.154. The molecule has 0 amide bonds. The number of nitrogens with one attached hydrogen (secondary N) is 2. The lowest BCUT2D eigenvalue weighted by Gasteiger charge is -2.19. The highest BCUT2D eigenvalue weighted by Gasteiger charge is 2.34. The summed E-state index contributed by atoms with van der Waals surface area (Å²) in [5, 5.41) is 6.72. The van der Waals surface area contributed by atoms with Crippen molar-refractivity contribution in [3.8, 4) is 0 Å². The lowest BCUT2D eigenvalue weighted by Crippen LogP contribution is -2.39. The quantitative estimate of drug-likeness (QED) is 0.614. The first kappa shape index (κ1) is 18.2. The molecule has 1 saturated carbocycles. The molecular weight excluding hydrogens is 315 g/mol. The van der Waals surface area contributed by atoms with Crippen LogP contribution in [0, 0.1) is 18.7 Å². The lowest BCUT2D eigenvalue weighted by atomic mass is 10.1. The number of halogens is 1. The van der Waals surface area contributed by atoms with Crippen LogP contribution in [0.15, 0.2) is 23.2 Å². The summed E-state index contributed by atoms with van der Waals surface area (Å²) in [6.07, 6.45) is 4.01. The number of hydrogen-bond acceptors (Lipinski definition) is 2. The second kappa shape index (κ2) is 8.17. The minimum Gasteiger partial charge on any atom is -0.357 e. The van der Waals surface area contributed by atoms with Gasteiger partial charge in [0, 0.05) is 25.7 Å². The van der Waals surface area contributed by atoms with Gasteiger partial charge >= 0.3 is 0 Å². The van der Waals surface area contributed by atoms with Crippen LogP contribution >= 0.6 is 0 Å². The first-order valence-corrected chi connectivity index (χ1v) is 9.61. The summed E-state index contributed by atoms with van der Waals surface area (Å²) in [5.74, 6) is 1.32. The van der Waals surface area contributed by atoms with E-state index in [4.69, 9.17) is 4.99 Å². The van der Waals surface area contributed by atoms with Gasteiger partial charge in [0.25, 0.3) is 0 Å². The Labute approximate surface area is 150 Å². The SMILES string of the molecule is CCNC(=NCC1CCN(C2CC2)C1)NC(C)c1ccc(C)c(F)c1. The number of benzene rings is 1. The lowest BCUT2D eigenvalue weighted by molar-refractivity contribution is 0.315. The second-order valence-corrected chi connectivity index (χ2v) is 7.48. The maximum Gasteiger partial charge on any atom is 0.191 e. The van der Waals surface area contributed by atoms with Crippen molar-refractivity contribution in [1.82, 2.24) is 15.5 Å². The normalized spacial score (nSPS) is 22.9. The Hall–Kier alpha value is -1.62. The summed E-state index contributed by atoms with van der Waals surface area (Å²) in [6, 6.07) is 6.29. The number of hydrogen-bond donors (Lipinski definition) is 2. The molecule has 1 aromatic rings. The molecule has 2 N–H and O–H groups in total. The molecule has 1 heterocycles. The van der Waals surface area contributed by atoms with Crippen LogP contribution in [0.5, 0.6) is 0 Å². The molecule has 0 radical (unpaired) electrons. The molecular formula is C20H31FN4. The molecule has 1 saturated heterocycles. The Morgan fingerprint density at radius 2 is 2.16 bits per heavy atom. The number of guanidine groups is 1. The monoisotopic (exact) mass is 346 g/mol. The molecule has 2 fully saturated rings. The van der Waals surface area contributed by atoms with Crippen LogP contribution in [0.1, 0.15) is 50.3 Å². The Morgan fingerprint density at radius 3 is 2.84 bits per heavy atom. The van der Waals surface area contributed by atoms with Gasteiger partial charge in [0.05, 0.1) is 6.04 Å². The highest BCUT2D eigenvalue weighted by atomic mass is 19.1. The number of aryl methyl sites for hydroxylation is 1. The minimum absolute atomic E-state index is 0.0134. The van der Waals surface area contributed by atoms with E-state index in [0.717, 1.165) is 30.7 Å². The van der Waals surface area contributed by atoms with E-state index in [1.807, 2.05) is 19.1 Å². The van der Waals surface area contributed by atoms with Crippen LogP contribution in [0.3, 0.4) is 0 Å². The van der Waals surface area contributed by atoms with Gasteiger partial charge in [0.1, 0.15) is 5.82 Å². The predicted molar refractivity (Wildman–Crippen MR) is 101 cm³/mol. The highest BCUT2D eigenvalue weighted by Crippen LogP contribution is 2.31. The molecule has 4 nitrogen and oxygen atoms in total. The van der Waals surface area contributed by atoms with Crippen molar-refractivity contribution in [2.24, 2.45) is 10.9 Å². The Bertz CT molecular complexity index is 612. The van der Waals surface area contributed by atoms with E-state index in [1.165, 1.54) is 32.4 Å². The van der Waals surface area contributed by atoms with Gasteiger partial charge in [0.15, 0.2) is 5.96 Å². The van der Waals surface area contributed by atoms with Crippen molar-refractivity contribution < 1.29 is 4.39 Å². The van der Waals surface area contributed by atoms with Crippen molar-refractivity contribution in [2.75, 3.05) is 26.2 Å². The molecule has 0 spiro atoms. The van der Waals surface area contributed by atoms with Gasteiger partial charge in [-0.25, -0.2) is 4.39 Å². The first-order valence-electron chi connectivity index (χ1n) is 9.61. The molecule has 25 heavy (non-hydrogen) atoms. The van der Waals surface area contributed by atoms with Gasteiger partial charge in [-0.15, -0.1) is 0 Å². The van der Waals surface area contributed by atoms with E-state index in [0.29, 0.717) is 11.5 Å². The first-order chi connectivity index (χ1) is 12.1. The van der Waals surface area contributed by atoms with Crippen LogP contribution in [-0.4, -0.2) is 43.1 Å². The van der Waals surface area contributed by atoms with Gasteiger partial charge in [-0.1, -0.05) is 12.1 Å². The Kier molecular flexibility index (Phi) is 5.94. The van der Waals surface area contributed by atoms with Gasteiger partial charge in [0.2, 0.25) is 0 Å². The average Bonchev–Trinajstić information content (AvgIpc) is 3.34. The van der Waals surface area contributed by atoms with Crippen molar-refractivity contribution in [3.05, 3.63) is 35.1 Å². The molecule has 2 atom stereocenters. The number of aliphatic imine (C=N–C) groups is 1. The molecule has 3 rings (SSSR count). The largest absolute Gasteiger partial charge is 0.357 e. The van der Waals surface area contributed by atoms with Gasteiger partial charge in [-0.2, -0.15) is 0 Å². The fraction of sp³-hybridized carbons (Fsp3) is 0.650. The van der Waals surface area contributed by atoms with Crippen LogP contribution < -0.4 is 10.6 Å². The van der Waals surface area contributed by atoms with Gasteiger partial charge < -0.3 is 15.5 Å². The van der Waals surface area contributed by atoms with Crippen LogP contribution in [-0.2, 0) is 0 Å². The number of rotatable bonds is 6. The fourth-order valence-corrected chi connectivity index (χ4v) is 3.49. The molecule has 1 aromatic carbocycles. The summed E-state index contributed by atoms with van der Waals surface area (Å²) in [5.41, 5.74) is 1.62. The summed E-state index contributed by atoms with van der Waals surface area (Å²) in [6.45, 7) is 9.99. The van der Waals surface area contributed by atoms with Crippen molar-refractivity contribution in [3.63, 3.8) is 0 Å². The van der Waals surface area contributed by atoms with Crippen LogP contribution in [0.25, 0.3) is 0 Å². The third kappa shape index (κ3) is 4.94. The molecule has 1 aliphatic heterocycles. The van der Waals surface area contributed by atoms with E-state index in [2.05, 4.69) is 22.5 Å². The Morgan fingerprint density at radius 1 is 1.36 bits per heavy atom. The third-order valence-corrected chi connectivity index (χ3v) is 5.28. The molecule has 2 unspecified atom stereocenters. The van der Waals surface area contributed by atoms with E-state index in [9.17, 15) is 4.39 Å². The predicted octanol–water partition coefficient (Wildman–Crippen LogP) is 3.23. The van der Waals surface area contributed by atoms with E-state index >= 15 is 0 Å². The van der Waals surface area contributed by atoms with E-state index in [1.54, 1.807) is 13.0 Å². The van der Waals surface area contributed by atoms with Crippen molar-refractivity contribution in [2.45, 2.75) is 52.1 Å². The average molecular weight is 346 g/mol. The second-order valence-electron chi connectivity index (χ2n) is 7.48. The summed E-state index contributed by atoms with van der Waals surface area (Å²) >= 11 is 0. The molecule has 0 bridgehead atoms. The Balaban J connectivity index is 1.56. The van der Waals surface area contributed by atoms with E-state index < -0.39 is 0 Å². The molecule has 1 aliphatic carbocycles. The number of likely N-dealkylation sites (tertiary alicyclic amines) is 1. The summed E-state index contributed by atoms with van der Waals surface area (Å²) in [4.78, 5) is 7.41. The van der Waals surface area contributed by atoms with E-state index in [-0.39, 0.29) is 11.9 Å². The van der Waals surface area contributed by atoms with Crippen molar-refractivity contribution >= 4 is 5.96 Å². The maximum absolute atomic E-state index is 13.8. The van der Waals surface area contributed by atoms with Crippen LogP contribution in [0.4, 0.5) is 4.39 Å². The molecule has 5 heteroatoms. The fourth-order valence-electron chi connectivity index (χ4n) is 3.49. The standard InChI is InChI=1S/C20H31FN4/c1-4-22-20(23-12-16-9-10-25(13-16)18-7-8-18)24-15(3)17-6-5-14(2)19(21)11-17/h5-6,11,15-16,18H,4,7-10,12-13H2,1-3H3,(H2,22,23,24). The zero-order chi connectivity index (χ0) is 17.8. The molecule has 138 valence electrons. The maximum atomic E-state index is 13.8. The zero-order valence-electron chi connectivity index (χ0n) is 15.7. The number of nitrogens with zero attached hydrogens (tertiary/aromatic N) is 2. The molecule has 0 aromatic heterocycles. The molecule has 2 aliphatic rings. The topological polar surface area (TPSA) is 39.7 Å². The summed E-state index contributed by atoms with van der Waals surface area (Å²) in [7, 11) is 0. The summed E-state index contributed by atoms with van der Waals surface area (Å²) < 4.78 is 13.8. The zero-order valence-corrected chi connectivity index (χ0v) is 15.7. The highest BCUT2D eigenvalue weighted by molar-refractivity contribution is 5.80. The van der Waals surface area contributed by atoms with Crippen LogP contribution in [0.2, 0.25) is 0 Å². The smallest absolute Gasteiger partial charge is 0.191 e. The third-order valence-electron chi connectivity index (χ3n) is 5.28. The van der Waals surface area contributed by atoms with Gasteiger partial charge in [-0.05, 0) is 69.7 Å².